The third-order valence-electron chi connectivity index (χ3n) is 4.63. The van der Waals surface area contributed by atoms with Gasteiger partial charge in [0.1, 0.15) is 0 Å². The zero-order valence-electron chi connectivity index (χ0n) is 18.3. The van der Waals surface area contributed by atoms with Crippen LogP contribution in [0.5, 0.6) is 0 Å². The normalized spacial score (nSPS) is 11.9. The highest BCUT2D eigenvalue weighted by atomic mass is 32.2. The lowest BCUT2D eigenvalue weighted by Crippen LogP contribution is -2.31. The fourth-order valence-electron chi connectivity index (χ4n) is 2.92. The second-order valence-corrected chi connectivity index (χ2v) is 10.9. The number of aryl methyl sites for hydroxylation is 1. The third-order valence-corrected chi connectivity index (χ3v) is 7.93. The molecule has 2 aromatic carbocycles. The van der Waals surface area contributed by atoms with Gasteiger partial charge in [0.25, 0.3) is 5.91 Å². The molecule has 0 heterocycles. The molecule has 2 rings (SSSR count). The minimum Gasteiger partial charge on any atom is -0.452 e. The first-order chi connectivity index (χ1) is 14.9. The predicted molar refractivity (Wildman–Crippen MR) is 120 cm³/mol. The van der Waals surface area contributed by atoms with Crippen LogP contribution in [0, 0.1) is 6.92 Å². The monoisotopic (exact) mass is 482 g/mol. The number of amides is 1. The van der Waals surface area contributed by atoms with Crippen molar-refractivity contribution in [2.45, 2.75) is 30.6 Å². The molecular weight excluding hydrogens is 456 g/mol. The Bertz CT molecular complexity index is 1220. The molecule has 1 amide bonds. The highest BCUT2D eigenvalue weighted by Gasteiger charge is 2.24. The van der Waals surface area contributed by atoms with Gasteiger partial charge in [0.2, 0.25) is 10.0 Å². The number of nitrogens with zero attached hydrogens (tertiary/aromatic N) is 1. The zero-order chi connectivity index (χ0) is 24.1. The van der Waals surface area contributed by atoms with Crippen molar-refractivity contribution in [1.29, 1.82) is 0 Å². The molecule has 174 valence electrons. The molecule has 1 N–H and O–H groups in total. The van der Waals surface area contributed by atoms with Gasteiger partial charge in [-0.05, 0) is 42.8 Å². The van der Waals surface area contributed by atoms with E-state index in [2.05, 4.69) is 5.32 Å². The van der Waals surface area contributed by atoms with Crippen LogP contribution in [0.15, 0.2) is 52.3 Å². The number of nitrogens with one attached hydrogen (secondary N) is 1. The summed E-state index contributed by atoms with van der Waals surface area (Å²) in [6.45, 7) is 5.13. The average molecular weight is 483 g/mol. The lowest BCUT2D eigenvalue weighted by atomic mass is 10.2. The summed E-state index contributed by atoms with van der Waals surface area (Å²) in [6, 6.07) is 9.77. The summed E-state index contributed by atoms with van der Waals surface area (Å²) < 4.78 is 55.1. The van der Waals surface area contributed by atoms with Crippen LogP contribution in [-0.2, 0) is 29.4 Å². The van der Waals surface area contributed by atoms with Gasteiger partial charge < -0.3 is 10.1 Å². The summed E-state index contributed by atoms with van der Waals surface area (Å²) in [5, 5.41) is 2.50. The van der Waals surface area contributed by atoms with Crippen molar-refractivity contribution in [1.82, 2.24) is 4.31 Å². The molecule has 11 heteroatoms. The summed E-state index contributed by atoms with van der Waals surface area (Å²) in [6.07, 6.45) is 1.02. The van der Waals surface area contributed by atoms with Gasteiger partial charge in [0.15, 0.2) is 16.4 Å². The Morgan fingerprint density at radius 1 is 1.00 bits per heavy atom. The quantitative estimate of drug-likeness (QED) is 0.543. The van der Waals surface area contributed by atoms with E-state index in [4.69, 9.17) is 4.74 Å². The van der Waals surface area contributed by atoms with Gasteiger partial charge in [-0.2, -0.15) is 4.31 Å². The number of carbonyl (C=O) groups excluding carboxylic acids is 2. The molecule has 32 heavy (non-hydrogen) atoms. The van der Waals surface area contributed by atoms with Crippen LogP contribution in [0.2, 0.25) is 0 Å². The van der Waals surface area contributed by atoms with Crippen LogP contribution < -0.4 is 5.32 Å². The molecule has 0 saturated carbocycles. The average Bonchev–Trinajstić information content (AvgIpc) is 2.73. The van der Waals surface area contributed by atoms with Gasteiger partial charge in [-0.3, -0.25) is 4.79 Å². The van der Waals surface area contributed by atoms with Crippen molar-refractivity contribution in [3.05, 3.63) is 53.6 Å². The molecule has 0 bridgehead atoms. The van der Waals surface area contributed by atoms with Crippen LogP contribution in [0.1, 0.15) is 29.8 Å². The van der Waals surface area contributed by atoms with E-state index in [0.29, 0.717) is 18.7 Å². The van der Waals surface area contributed by atoms with E-state index < -0.39 is 38.3 Å². The number of hydrogen-bond donors (Lipinski definition) is 1. The van der Waals surface area contributed by atoms with E-state index in [-0.39, 0.29) is 21.0 Å². The smallest absolute Gasteiger partial charge is 0.338 e. The van der Waals surface area contributed by atoms with Crippen molar-refractivity contribution in [2.24, 2.45) is 0 Å². The van der Waals surface area contributed by atoms with Gasteiger partial charge >= 0.3 is 5.97 Å². The Morgan fingerprint density at radius 3 is 2.25 bits per heavy atom. The fourth-order valence-corrected chi connectivity index (χ4v) is 5.30. The van der Waals surface area contributed by atoms with E-state index >= 15 is 0 Å². The van der Waals surface area contributed by atoms with Gasteiger partial charge in [-0.15, -0.1) is 0 Å². The number of carbonyl (C=O) groups is 2. The molecule has 0 atom stereocenters. The molecule has 0 unspecified atom stereocenters. The van der Waals surface area contributed by atoms with Crippen molar-refractivity contribution in [3.8, 4) is 0 Å². The number of hydrogen-bond acceptors (Lipinski definition) is 7. The van der Waals surface area contributed by atoms with E-state index in [1.165, 1.54) is 34.6 Å². The van der Waals surface area contributed by atoms with Gasteiger partial charge in [0.05, 0.1) is 15.4 Å². The zero-order valence-corrected chi connectivity index (χ0v) is 19.9. The van der Waals surface area contributed by atoms with E-state index in [0.717, 1.165) is 6.26 Å². The SMILES string of the molecule is CCN(CC)S(=O)(=O)c1cc(NC(=O)COC(=O)c2cccc(S(C)(=O)=O)c2)ccc1C. The minimum atomic E-state index is -3.72. The van der Waals surface area contributed by atoms with Crippen molar-refractivity contribution >= 4 is 37.4 Å². The lowest BCUT2D eigenvalue weighted by Gasteiger charge is -2.20. The standard InChI is InChI=1S/C21H26N2O7S2/c1-5-23(6-2)32(28,29)19-13-17(11-10-15(19)3)22-20(24)14-30-21(25)16-8-7-9-18(12-16)31(4,26)27/h7-13H,5-6,14H2,1-4H3,(H,22,24). The molecule has 2 aromatic rings. The Balaban J connectivity index is 2.10. The fraction of sp³-hybridized carbons (Fsp3) is 0.333. The number of ether oxygens (including phenoxy) is 1. The first-order valence-corrected chi connectivity index (χ1v) is 13.1. The van der Waals surface area contributed by atoms with Crippen LogP contribution in [0.4, 0.5) is 5.69 Å². The summed E-state index contributed by atoms with van der Waals surface area (Å²) in [5.74, 6) is -1.54. The largest absolute Gasteiger partial charge is 0.452 e. The predicted octanol–water partition coefficient (Wildman–Crippen LogP) is 2.22. The van der Waals surface area contributed by atoms with E-state index in [1.54, 1.807) is 32.9 Å². The molecule has 0 aliphatic carbocycles. The molecule has 0 saturated heterocycles. The Morgan fingerprint density at radius 2 is 1.66 bits per heavy atom. The number of sulfone groups is 1. The molecule has 0 fully saturated rings. The molecular formula is C21H26N2O7S2. The van der Waals surface area contributed by atoms with Crippen LogP contribution in [0.3, 0.4) is 0 Å². The maximum absolute atomic E-state index is 12.8. The van der Waals surface area contributed by atoms with Crippen LogP contribution in [0.25, 0.3) is 0 Å². The summed E-state index contributed by atoms with van der Waals surface area (Å²) >= 11 is 0. The first-order valence-electron chi connectivity index (χ1n) is 9.78. The van der Waals surface area contributed by atoms with Crippen LogP contribution in [-0.4, -0.2) is 59.0 Å². The third kappa shape index (κ3) is 6.15. The van der Waals surface area contributed by atoms with Crippen molar-refractivity contribution in [2.75, 3.05) is 31.3 Å². The second-order valence-electron chi connectivity index (χ2n) is 6.99. The molecule has 0 spiro atoms. The molecule has 0 aromatic heterocycles. The van der Waals surface area contributed by atoms with Gasteiger partial charge in [0, 0.05) is 25.0 Å². The summed E-state index contributed by atoms with van der Waals surface area (Å²) in [4.78, 5) is 24.4. The first kappa shape index (κ1) is 25.5. The van der Waals surface area contributed by atoms with Crippen molar-refractivity contribution in [3.63, 3.8) is 0 Å². The molecule has 0 aliphatic rings. The van der Waals surface area contributed by atoms with Crippen LogP contribution >= 0.6 is 0 Å². The molecule has 0 radical (unpaired) electrons. The number of rotatable bonds is 9. The summed E-state index contributed by atoms with van der Waals surface area (Å²) in [7, 11) is -7.22. The van der Waals surface area contributed by atoms with E-state index in [9.17, 15) is 26.4 Å². The molecule has 9 nitrogen and oxygen atoms in total. The maximum Gasteiger partial charge on any atom is 0.338 e. The Labute approximate surface area is 188 Å². The number of anilines is 1. The lowest BCUT2D eigenvalue weighted by molar-refractivity contribution is -0.119. The highest BCUT2D eigenvalue weighted by Crippen LogP contribution is 2.23. The Hall–Kier alpha value is -2.76. The molecule has 0 aliphatic heterocycles. The number of sulfonamides is 1. The highest BCUT2D eigenvalue weighted by molar-refractivity contribution is 7.90. The topological polar surface area (TPSA) is 127 Å². The summed E-state index contributed by atoms with van der Waals surface area (Å²) in [5.41, 5.74) is 0.761. The van der Waals surface area contributed by atoms with Gasteiger partial charge in [-0.25, -0.2) is 21.6 Å². The van der Waals surface area contributed by atoms with Gasteiger partial charge in [-0.1, -0.05) is 26.0 Å². The number of benzene rings is 2. The van der Waals surface area contributed by atoms with Crippen molar-refractivity contribution < 1.29 is 31.2 Å². The second kappa shape index (κ2) is 10.2. The van der Waals surface area contributed by atoms with E-state index in [1.807, 2.05) is 0 Å². The Kier molecular flexibility index (Phi) is 8.16. The minimum absolute atomic E-state index is 0.0105. The maximum atomic E-state index is 12.8. The number of esters is 1.